The van der Waals surface area contributed by atoms with Gasteiger partial charge in [0.25, 0.3) is 5.91 Å². The van der Waals surface area contributed by atoms with Gasteiger partial charge in [0.05, 0.1) is 19.1 Å². The molecule has 1 aromatic heterocycles. The number of phenols is 1. The molecule has 0 aliphatic carbocycles. The molecule has 8 nitrogen and oxygen atoms in total. The summed E-state index contributed by atoms with van der Waals surface area (Å²) in [7, 11) is 1.62. The van der Waals surface area contributed by atoms with E-state index in [1.165, 1.54) is 18.0 Å². The Hall–Kier alpha value is -2.85. The molecule has 0 fully saturated rings. The Bertz CT molecular complexity index is 1050. The fourth-order valence-electron chi connectivity index (χ4n) is 2.60. The lowest BCUT2D eigenvalue weighted by Gasteiger charge is -2.07. The number of amides is 1. The van der Waals surface area contributed by atoms with E-state index in [-0.39, 0.29) is 17.4 Å². The minimum atomic E-state index is -0.289. The van der Waals surface area contributed by atoms with Crippen molar-refractivity contribution in [3.8, 4) is 22.9 Å². The van der Waals surface area contributed by atoms with E-state index >= 15 is 0 Å². The third kappa shape index (κ3) is 5.39. The van der Waals surface area contributed by atoms with Gasteiger partial charge >= 0.3 is 0 Å². The summed E-state index contributed by atoms with van der Waals surface area (Å²) in [6.07, 6.45) is 1.39. The number of thioether (sulfide) groups is 1. The number of carbonyl (C=O) groups excluding carboxylic acids is 1. The van der Waals surface area contributed by atoms with Gasteiger partial charge in [-0.1, -0.05) is 27.7 Å². The number of halogens is 1. The molecule has 0 aliphatic heterocycles. The topological polar surface area (TPSA) is 102 Å². The average molecular weight is 490 g/mol. The second kappa shape index (κ2) is 10.3. The highest BCUT2D eigenvalue weighted by Gasteiger charge is 2.14. The largest absolute Gasteiger partial charge is 0.507 e. The van der Waals surface area contributed by atoms with Crippen LogP contribution in [0.2, 0.25) is 0 Å². The van der Waals surface area contributed by atoms with E-state index in [0.29, 0.717) is 17.3 Å². The zero-order chi connectivity index (χ0) is 21.5. The van der Waals surface area contributed by atoms with Crippen molar-refractivity contribution in [2.75, 3.05) is 12.9 Å². The van der Waals surface area contributed by atoms with Gasteiger partial charge in [0.15, 0.2) is 11.0 Å². The number of nitrogens with one attached hydrogen (secondary N) is 1. The number of aromatic nitrogens is 3. The lowest BCUT2D eigenvalue weighted by atomic mass is 10.2. The molecule has 30 heavy (non-hydrogen) atoms. The summed E-state index contributed by atoms with van der Waals surface area (Å²) < 4.78 is 7.93. The quantitative estimate of drug-likeness (QED) is 0.284. The molecule has 0 aliphatic rings. The standard InChI is InChI=1S/C20H20BrN5O3S/c1-3-26-19(13-4-7-16(29-2)8-5-13)24-25-20(26)30-12-18(28)23-22-11-14-10-15(21)6-9-17(14)27/h4-11,27H,3,12H2,1-2H3,(H,23,28)/b22-11+. The van der Waals surface area contributed by atoms with Gasteiger partial charge in [-0.3, -0.25) is 4.79 Å². The summed E-state index contributed by atoms with van der Waals surface area (Å²) in [6.45, 7) is 2.66. The maximum atomic E-state index is 12.1. The Labute approximate surface area is 186 Å². The number of carbonyl (C=O) groups is 1. The number of nitrogens with zero attached hydrogens (tertiary/aromatic N) is 4. The Morgan fingerprint density at radius 2 is 2.07 bits per heavy atom. The van der Waals surface area contributed by atoms with Crippen molar-refractivity contribution in [1.82, 2.24) is 20.2 Å². The molecule has 3 rings (SSSR count). The number of phenolic OH excluding ortho intramolecular Hbond substituents is 1. The predicted molar refractivity (Wildman–Crippen MR) is 120 cm³/mol. The van der Waals surface area contributed by atoms with Crippen LogP contribution in [0.4, 0.5) is 0 Å². The van der Waals surface area contributed by atoms with Gasteiger partial charge in [-0.2, -0.15) is 5.10 Å². The minimum absolute atomic E-state index is 0.0766. The van der Waals surface area contributed by atoms with E-state index in [1.807, 2.05) is 35.8 Å². The van der Waals surface area contributed by atoms with Gasteiger partial charge in [-0.15, -0.1) is 10.2 Å². The van der Waals surface area contributed by atoms with Crippen LogP contribution in [0.25, 0.3) is 11.4 Å². The zero-order valence-electron chi connectivity index (χ0n) is 16.4. The van der Waals surface area contributed by atoms with Crippen molar-refractivity contribution in [3.05, 3.63) is 52.5 Å². The van der Waals surface area contributed by atoms with Gasteiger partial charge < -0.3 is 14.4 Å². The molecule has 0 saturated heterocycles. The fraction of sp³-hybridized carbons (Fsp3) is 0.200. The first-order valence-electron chi connectivity index (χ1n) is 9.02. The molecular formula is C20H20BrN5O3S. The van der Waals surface area contributed by atoms with Crippen LogP contribution in [0.1, 0.15) is 12.5 Å². The molecule has 0 spiro atoms. The normalized spacial score (nSPS) is 11.0. The molecule has 0 unspecified atom stereocenters. The monoisotopic (exact) mass is 489 g/mol. The molecule has 3 aromatic rings. The molecule has 2 N–H and O–H groups in total. The lowest BCUT2D eigenvalue weighted by Crippen LogP contribution is -2.20. The Kier molecular flexibility index (Phi) is 7.47. The van der Waals surface area contributed by atoms with E-state index in [1.54, 1.807) is 25.3 Å². The second-order valence-corrected chi connectivity index (χ2v) is 7.92. The third-order valence-corrected chi connectivity index (χ3v) is 5.56. The van der Waals surface area contributed by atoms with Gasteiger partial charge in [0.1, 0.15) is 11.5 Å². The molecule has 0 radical (unpaired) electrons. The molecule has 1 heterocycles. The third-order valence-electron chi connectivity index (χ3n) is 4.10. The van der Waals surface area contributed by atoms with Crippen LogP contribution in [0.15, 0.2) is 57.2 Å². The summed E-state index contributed by atoms with van der Waals surface area (Å²) in [5.74, 6) is 1.41. The van der Waals surface area contributed by atoms with Gasteiger partial charge in [-0.05, 0) is 49.4 Å². The SMILES string of the molecule is CCn1c(SCC(=O)N/N=C/c2cc(Br)ccc2O)nnc1-c1ccc(OC)cc1. The Morgan fingerprint density at radius 1 is 1.30 bits per heavy atom. The average Bonchev–Trinajstić information content (AvgIpc) is 3.17. The van der Waals surface area contributed by atoms with E-state index in [9.17, 15) is 9.90 Å². The molecule has 156 valence electrons. The minimum Gasteiger partial charge on any atom is -0.507 e. The number of hydrogen-bond acceptors (Lipinski definition) is 7. The number of methoxy groups -OCH3 is 1. The molecule has 0 saturated carbocycles. The van der Waals surface area contributed by atoms with Crippen LogP contribution in [-0.4, -0.2) is 44.9 Å². The van der Waals surface area contributed by atoms with Crippen LogP contribution in [0, 0.1) is 0 Å². The highest BCUT2D eigenvalue weighted by Crippen LogP contribution is 2.25. The van der Waals surface area contributed by atoms with E-state index in [0.717, 1.165) is 21.6 Å². The number of benzene rings is 2. The van der Waals surface area contributed by atoms with Crippen LogP contribution >= 0.6 is 27.7 Å². The van der Waals surface area contributed by atoms with Crippen molar-refractivity contribution < 1.29 is 14.6 Å². The van der Waals surface area contributed by atoms with Crippen molar-refractivity contribution in [3.63, 3.8) is 0 Å². The first kappa shape index (κ1) is 21.8. The lowest BCUT2D eigenvalue weighted by molar-refractivity contribution is -0.118. The molecule has 1 amide bonds. The maximum absolute atomic E-state index is 12.1. The van der Waals surface area contributed by atoms with E-state index in [4.69, 9.17) is 4.74 Å². The first-order chi connectivity index (χ1) is 14.5. The maximum Gasteiger partial charge on any atom is 0.250 e. The molecule has 10 heteroatoms. The van der Waals surface area contributed by atoms with Crippen LogP contribution in [0.5, 0.6) is 11.5 Å². The number of aromatic hydroxyl groups is 1. The summed E-state index contributed by atoms with van der Waals surface area (Å²) in [5.41, 5.74) is 3.86. The zero-order valence-corrected chi connectivity index (χ0v) is 18.8. The van der Waals surface area contributed by atoms with Crippen LogP contribution < -0.4 is 10.2 Å². The Morgan fingerprint density at radius 3 is 2.77 bits per heavy atom. The molecule has 0 atom stereocenters. The summed E-state index contributed by atoms with van der Waals surface area (Å²) in [4.78, 5) is 12.1. The summed E-state index contributed by atoms with van der Waals surface area (Å²) in [5, 5.41) is 22.8. The number of rotatable bonds is 8. The van der Waals surface area contributed by atoms with Crippen molar-refractivity contribution >= 4 is 39.8 Å². The van der Waals surface area contributed by atoms with Gasteiger partial charge in [0, 0.05) is 22.1 Å². The second-order valence-electron chi connectivity index (χ2n) is 6.06. The fourth-order valence-corrected chi connectivity index (χ4v) is 3.77. The number of hydrazone groups is 1. The van der Waals surface area contributed by atoms with Gasteiger partial charge in [-0.25, -0.2) is 5.43 Å². The molecule has 2 aromatic carbocycles. The van der Waals surface area contributed by atoms with Crippen LogP contribution in [-0.2, 0) is 11.3 Å². The van der Waals surface area contributed by atoms with E-state index < -0.39 is 0 Å². The van der Waals surface area contributed by atoms with Crippen molar-refractivity contribution in [2.45, 2.75) is 18.6 Å². The smallest absolute Gasteiger partial charge is 0.250 e. The van der Waals surface area contributed by atoms with Crippen LogP contribution in [0.3, 0.4) is 0 Å². The molecule has 0 bridgehead atoms. The summed E-state index contributed by atoms with van der Waals surface area (Å²) >= 11 is 4.60. The first-order valence-corrected chi connectivity index (χ1v) is 10.8. The number of hydrogen-bond donors (Lipinski definition) is 2. The Balaban J connectivity index is 1.61. The molecular weight excluding hydrogens is 470 g/mol. The predicted octanol–water partition coefficient (Wildman–Crippen LogP) is 3.68. The summed E-state index contributed by atoms with van der Waals surface area (Å²) in [6, 6.07) is 12.5. The van der Waals surface area contributed by atoms with E-state index in [2.05, 4.69) is 36.7 Å². The highest BCUT2D eigenvalue weighted by molar-refractivity contribution is 9.10. The number of ether oxygens (including phenoxy) is 1. The van der Waals surface area contributed by atoms with Crippen molar-refractivity contribution in [2.24, 2.45) is 5.10 Å². The van der Waals surface area contributed by atoms with Crippen molar-refractivity contribution in [1.29, 1.82) is 0 Å². The van der Waals surface area contributed by atoms with Gasteiger partial charge in [0.2, 0.25) is 0 Å². The highest BCUT2D eigenvalue weighted by atomic mass is 79.9.